The van der Waals surface area contributed by atoms with Gasteiger partial charge in [0.15, 0.2) is 0 Å². The molecule has 0 amide bonds. The molecular weight excluding hydrogens is 122 g/mol. The van der Waals surface area contributed by atoms with Crippen LogP contribution in [0.2, 0.25) is 0 Å². The second-order valence-corrected chi connectivity index (χ2v) is 2.09. The summed E-state index contributed by atoms with van der Waals surface area (Å²) in [6.07, 6.45) is 4.57. The quantitative estimate of drug-likeness (QED) is 0.580. The fourth-order valence-electron chi connectivity index (χ4n) is 0.793. The van der Waals surface area contributed by atoms with E-state index in [-0.39, 0.29) is 0 Å². The standard InChI is InChI=1S/C9H10N/c10-8-4-7-9-5-2-1-3-6-9/h1-3,5-8,10H,4H2/p+1. The van der Waals surface area contributed by atoms with Crippen molar-refractivity contribution in [3.63, 3.8) is 0 Å². The van der Waals surface area contributed by atoms with Crippen LogP contribution in [0.4, 0.5) is 0 Å². The molecule has 10 heavy (non-hydrogen) atoms. The van der Waals surface area contributed by atoms with Crippen LogP contribution in [-0.4, -0.2) is 6.21 Å². The molecule has 0 spiro atoms. The van der Waals surface area contributed by atoms with Crippen LogP contribution in [0.5, 0.6) is 0 Å². The van der Waals surface area contributed by atoms with E-state index >= 15 is 0 Å². The van der Waals surface area contributed by atoms with Crippen LogP contribution >= 0.6 is 0 Å². The third-order valence-corrected chi connectivity index (χ3v) is 1.29. The first-order chi connectivity index (χ1) is 4.93. The zero-order valence-corrected chi connectivity index (χ0v) is 5.83. The Morgan fingerprint density at radius 1 is 1.20 bits per heavy atom. The zero-order valence-electron chi connectivity index (χ0n) is 5.83. The minimum Gasteiger partial charge on any atom is -0.264 e. The van der Waals surface area contributed by atoms with Crippen LogP contribution < -0.4 is 5.41 Å². The first-order valence-corrected chi connectivity index (χ1v) is 3.35. The van der Waals surface area contributed by atoms with E-state index in [1.165, 1.54) is 5.56 Å². The van der Waals surface area contributed by atoms with Gasteiger partial charge in [-0.3, -0.25) is 5.41 Å². The Morgan fingerprint density at radius 2 is 1.90 bits per heavy atom. The first-order valence-electron chi connectivity index (χ1n) is 3.35. The summed E-state index contributed by atoms with van der Waals surface area (Å²) in [6.45, 7) is 0. The summed E-state index contributed by atoms with van der Waals surface area (Å²) in [5.74, 6) is 0. The predicted molar refractivity (Wildman–Crippen MR) is 42.5 cm³/mol. The molecule has 1 rings (SSSR count). The molecule has 0 saturated carbocycles. The average Bonchev–Trinajstić information content (AvgIpc) is 2.03. The van der Waals surface area contributed by atoms with E-state index in [4.69, 9.17) is 5.41 Å². The maximum Gasteiger partial charge on any atom is 0.136 e. The molecule has 0 heterocycles. The van der Waals surface area contributed by atoms with Crippen molar-refractivity contribution >= 4 is 6.21 Å². The third kappa shape index (κ3) is 2.02. The number of hydrogen-bond donors (Lipinski definition) is 1. The van der Waals surface area contributed by atoms with Gasteiger partial charge in [-0.15, -0.1) is 0 Å². The van der Waals surface area contributed by atoms with E-state index < -0.39 is 0 Å². The van der Waals surface area contributed by atoms with Crippen molar-refractivity contribution in [3.05, 3.63) is 42.3 Å². The Labute approximate surface area is 61.2 Å². The molecule has 0 unspecified atom stereocenters. The SMILES string of the molecule is [NH2+]=CC[CH]c1ccccc1. The van der Waals surface area contributed by atoms with Crippen molar-refractivity contribution in [2.24, 2.45) is 0 Å². The summed E-state index contributed by atoms with van der Waals surface area (Å²) >= 11 is 0. The molecule has 1 aromatic rings. The van der Waals surface area contributed by atoms with Crippen molar-refractivity contribution in [1.29, 1.82) is 0 Å². The molecule has 1 radical (unpaired) electrons. The molecule has 51 valence electrons. The second-order valence-electron chi connectivity index (χ2n) is 2.09. The van der Waals surface area contributed by atoms with Gasteiger partial charge in [0.25, 0.3) is 0 Å². The van der Waals surface area contributed by atoms with E-state index in [9.17, 15) is 0 Å². The van der Waals surface area contributed by atoms with Gasteiger partial charge in [0.1, 0.15) is 6.21 Å². The van der Waals surface area contributed by atoms with Crippen LogP contribution in [0, 0.1) is 6.42 Å². The van der Waals surface area contributed by atoms with E-state index in [1.54, 1.807) is 6.21 Å². The Hall–Kier alpha value is -1.11. The summed E-state index contributed by atoms with van der Waals surface area (Å²) in [5, 5.41) is 5.22. The molecule has 0 aliphatic carbocycles. The highest BCUT2D eigenvalue weighted by molar-refractivity contribution is 5.53. The highest BCUT2D eigenvalue weighted by atomic mass is 14.3. The minimum absolute atomic E-state index is 0.837. The van der Waals surface area contributed by atoms with Crippen LogP contribution in [0.1, 0.15) is 12.0 Å². The van der Waals surface area contributed by atoms with Gasteiger partial charge in [-0.05, 0) is 5.56 Å². The second kappa shape index (κ2) is 3.83. The van der Waals surface area contributed by atoms with E-state index in [2.05, 4.69) is 18.6 Å². The van der Waals surface area contributed by atoms with Crippen LogP contribution in [0.15, 0.2) is 30.3 Å². The Morgan fingerprint density at radius 3 is 2.50 bits per heavy atom. The van der Waals surface area contributed by atoms with E-state index in [0.717, 1.165) is 6.42 Å². The third-order valence-electron chi connectivity index (χ3n) is 1.29. The van der Waals surface area contributed by atoms with Gasteiger partial charge in [-0.2, -0.15) is 0 Å². The molecule has 1 nitrogen and oxygen atoms in total. The summed E-state index contributed by atoms with van der Waals surface area (Å²) in [5.41, 5.74) is 1.23. The van der Waals surface area contributed by atoms with E-state index in [1.807, 2.05) is 18.2 Å². The summed E-state index contributed by atoms with van der Waals surface area (Å²) in [7, 11) is 0. The van der Waals surface area contributed by atoms with Crippen molar-refractivity contribution in [3.8, 4) is 0 Å². The molecule has 0 aliphatic rings. The minimum atomic E-state index is 0.837. The lowest BCUT2D eigenvalue weighted by Gasteiger charge is -1.92. The number of nitrogens with two attached hydrogens (primary N) is 1. The summed E-state index contributed by atoms with van der Waals surface area (Å²) in [6, 6.07) is 10.2. The fourth-order valence-corrected chi connectivity index (χ4v) is 0.793. The maximum absolute atomic E-state index is 5.22. The Bertz CT molecular complexity index is 191. The normalized spacial score (nSPS) is 9.20. The van der Waals surface area contributed by atoms with Gasteiger partial charge in [-0.1, -0.05) is 30.3 Å². The molecule has 0 aliphatic heterocycles. The van der Waals surface area contributed by atoms with Crippen LogP contribution in [-0.2, 0) is 0 Å². The molecule has 1 aromatic carbocycles. The molecular formula is C9H11N+. The van der Waals surface area contributed by atoms with Gasteiger partial charge >= 0.3 is 0 Å². The number of benzene rings is 1. The topological polar surface area (TPSA) is 25.6 Å². The number of rotatable bonds is 3. The molecule has 1 heteroatoms. The molecule has 0 bridgehead atoms. The van der Waals surface area contributed by atoms with Gasteiger partial charge in [0, 0.05) is 12.8 Å². The first kappa shape index (κ1) is 7.00. The molecule has 0 atom stereocenters. The van der Waals surface area contributed by atoms with Crippen molar-refractivity contribution in [1.82, 2.24) is 0 Å². The van der Waals surface area contributed by atoms with Gasteiger partial charge in [0.2, 0.25) is 0 Å². The highest BCUT2D eigenvalue weighted by Gasteiger charge is 1.88. The van der Waals surface area contributed by atoms with Crippen LogP contribution in [0.25, 0.3) is 0 Å². The van der Waals surface area contributed by atoms with Gasteiger partial charge < -0.3 is 0 Å². The van der Waals surface area contributed by atoms with Gasteiger partial charge in [0.05, 0.1) is 0 Å². The molecule has 2 N–H and O–H groups in total. The zero-order chi connectivity index (χ0) is 7.23. The van der Waals surface area contributed by atoms with Crippen LogP contribution in [0.3, 0.4) is 0 Å². The summed E-state index contributed by atoms with van der Waals surface area (Å²) in [4.78, 5) is 0. The Kier molecular flexibility index (Phi) is 2.68. The number of hydrogen-bond acceptors (Lipinski definition) is 0. The lowest BCUT2D eigenvalue weighted by Crippen LogP contribution is -2.29. The summed E-state index contributed by atoms with van der Waals surface area (Å²) < 4.78 is 0. The molecule has 0 saturated heterocycles. The monoisotopic (exact) mass is 133 g/mol. The maximum atomic E-state index is 5.22. The molecule has 0 aromatic heterocycles. The van der Waals surface area contributed by atoms with E-state index in [0.29, 0.717) is 0 Å². The average molecular weight is 133 g/mol. The van der Waals surface area contributed by atoms with Gasteiger partial charge in [-0.25, -0.2) is 0 Å². The van der Waals surface area contributed by atoms with Crippen molar-refractivity contribution < 1.29 is 5.41 Å². The smallest absolute Gasteiger partial charge is 0.136 e. The largest absolute Gasteiger partial charge is 0.264 e. The lowest BCUT2D eigenvalue weighted by atomic mass is 10.1. The highest BCUT2D eigenvalue weighted by Crippen LogP contribution is 2.02. The van der Waals surface area contributed by atoms with Crippen molar-refractivity contribution in [2.45, 2.75) is 6.42 Å². The predicted octanol–water partition coefficient (Wildman–Crippen LogP) is 0.459. The fraction of sp³-hybridized carbons (Fsp3) is 0.111. The molecule has 0 fully saturated rings. The van der Waals surface area contributed by atoms with Crippen molar-refractivity contribution in [2.75, 3.05) is 0 Å². The Balaban J connectivity index is 2.50. The lowest BCUT2D eigenvalue weighted by molar-refractivity contribution is -0.107.